The van der Waals surface area contributed by atoms with Crippen LogP contribution in [0.1, 0.15) is 66.8 Å². The first-order valence-electron chi connectivity index (χ1n) is 13.7. The van der Waals surface area contributed by atoms with Crippen molar-refractivity contribution in [1.82, 2.24) is 9.47 Å². The zero-order valence-electron chi connectivity index (χ0n) is 21.2. The van der Waals surface area contributed by atoms with Gasteiger partial charge in [-0.1, -0.05) is 43.5 Å². The Bertz CT molecular complexity index is 1340. The number of para-hydroxylation sites is 1. The Kier molecular flexibility index (Phi) is 6.41. The summed E-state index contributed by atoms with van der Waals surface area (Å²) in [6.07, 6.45) is 7.14. The molecular weight excluding hydrogens is 466 g/mol. The largest absolute Gasteiger partial charge is 0.478 e. The molecule has 2 aliphatic heterocycles. The number of likely N-dealkylation sites (tertiary alicyclic amines) is 1. The molecule has 0 radical (unpaired) electrons. The summed E-state index contributed by atoms with van der Waals surface area (Å²) >= 11 is 0. The summed E-state index contributed by atoms with van der Waals surface area (Å²) in [5.41, 5.74) is 5.95. The molecule has 1 aromatic heterocycles. The number of piperidine rings is 1. The third-order valence-electron chi connectivity index (χ3n) is 8.53. The van der Waals surface area contributed by atoms with Gasteiger partial charge in [-0.2, -0.15) is 0 Å². The Morgan fingerprint density at radius 3 is 2.51 bits per heavy atom. The van der Waals surface area contributed by atoms with Gasteiger partial charge in [-0.15, -0.1) is 0 Å². The fourth-order valence-electron chi connectivity index (χ4n) is 6.74. The molecule has 2 N–H and O–H groups in total. The Balaban J connectivity index is 1.46. The van der Waals surface area contributed by atoms with E-state index >= 15 is 0 Å². The number of aromatic carboxylic acids is 1. The van der Waals surface area contributed by atoms with Crippen molar-refractivity contribution in [3.8, 4) is 11.3 Å². The summed E-state index contributed by atoms with van der Waals surface area (Å²) in [4.78, 5) is 29.1. The predicted molar refractivity (Wildman–Crippen MR) is 144 cm³/mol. The van der Waals surface area contributed by atoms with Crippen LogP contribution in [-0.2, 0) is 11.3 Å². The molecule has 194 valence electrons. The number of fused-ring (bicyclic) bond motifs is 5. The van der Waals surface area contributed by atoms with Crippen molar-refractivity contribution in [2.24, 2.45) is 0 Å². The third kappa shape index (κ3) is 4.39. The maximum Gasteiger partial charge on any atom is 0.335 e. The summed E-state index contributed by atoms with van der Waals surface area (Å²) in [6, 6.07) is 13.9. The number of β-amino-alcohol motifs (C(OH)–C–C–N with tert-alkyl or cyclic N) is 1. The summed E-state index contributed by atoms with van der Waals surface area (Å²) < 4.78 is 2.31. The highest BCUT2D eigenvalue weighted by atomic mass is 16.4. The van der Waals surface area contributed by atoms with E-state index in [2.05, 4.69) is 27.7 Å². The van der Waals surface area contributed by atoms with Gasteiger partial charge in [0, 0.05) is 48.3 Å². The molecule has 3 heterocycles. The SMILES string of the molecule is O=C(O)c1ccc2c(C3CCCCC3)c3n(c2c1)CCN(CC(=O)N1CCCC(O)C1)c1ccccc1-3. The van der Waals surface area contributed by atoms with Crippen molar-refractivity contribution in [2.45, 2.75) is 63.5 Å². The number of aliphatic hydroxyl groups is 1. The van der Waals surface area contributed by atoms with Crippen molar-refractivity contribution in [2.75, 3.05) is 31.1 Å². The molecule has 6 rings (SSSR count). The second-order valence-electron chi connectivity index (χ2n) is 10.9. The van der Waals surface area contributed by atoms with E-state index < -0.39 is 12.1 Å². The normalized spacial score (nSPS) is 20.4. The van der Waals surface area contributed by atoms with E-state index in [0.717, 1.165) is 47.8 Å². The van der Waals surface area contributed by atoms with Gasteiger partial charge in [0.15, 0.2) is 0 Å². The summed E-state index contributed by atoms with van der Waals surface area (Å²) in [5, 5.41) is 21.0. The van der Waals surface area contributed by atoms with Crippen molar-refractivity contribution in [1.29, 1.82) is 0 Å². The molecule has 1 unspecified atom stereocenters. The number of anilines is 1. The van der Waals surface area contributed by atoms with E-state index in [9.17, 15) is 19.8 Å². The highest BCUT2D eigenvalue weighted by Crippen LogP contribution is 2.47. The zero-order valence-corrected chi connectivity index (χ0v) is 21.2. The van der Waals surface area contributed by atoms with E-state index in [0.29, 0.717) is 37.7 Å². The summed E-state index contributed by atoms with van der Waals surface area (Å²) in [7, 11) is 0. The number of benzene rings is 2. The number of hydrogen-bond acceptors (Lipinski definition) is 4. The van der Waals surface area contributed by atoms with Crippen molar-refractivity contribution in [3.05, 3.63) is 53.6 Å². The van der Waals surface area contributed by atoms with E-state index in [1.807, 2.05) is 18.2 Å². The fourth-order valence-corrected chi connectivity index (χ4v) is 6.74. The Morgan fingerprint density at radius 1 is 0.919 bits per heavy atom. The van der Waals surface area contributed by atoms with E-state index in [4.69, 9.17) is 0 Å². The number of amides is 1. The van der Waals surface area contributed by atoms with Gasteiger partial charge in [0.2, 0.25) is 5.91 Å². The third-order valence-corrected chi connectivity index (χ3v) is 8.53. The molecule has 3 aliphatic rings. The van der Waals surface area contributed by atoms with Crippen molar-refractivity contribution in [3.63, 3.8) is 0 Å². The predicted octanol–water partition coefficient (Wildman–Crippen LogP) is 4.86. The van der Waals surface area contributed by atoms with Gasteiger partial charge in [-0.25, -0.2) is 4.79 Å². The number of rotatable bonds is 4. The lowest BCUT2D eigenvalue weighted by atomic mass is 9.81. The van der Waals surface area contributed by atoms with E-state index in [-0.39, 0.29) is 12.5 Å². The lowest BCUT2D eigenvalue weighted by Gasteiger charge is -2.33. The van der Waals surface area contributed by atoms with Gasteiger partial charge in [-0.3, -0.25) is 4.79 Å². The van der Waals surface area contributed by atoms with Crippen LogP contribution in [0.15, 0.2) is 42.5 Å². The molecule has 2 fully saturated rings. The van der Waals surface area contributed by atoms with Crippen LogP contribution in [0.2, 0.25) is 0 Å². The topological polar surface area (TPSA) is 86.0 Å². The maximum absolute atomic E-state index is 13.3. The van der Waals surface area contributed by atoms with Crippen LogP contribution in [-0.4, -0.2) is 63.8 Å². The minimum Gasteiger partial charge on any atom is -0.478 e. The van der Waals surface area contributed by atoms with Crippen LogP contribution in [0.25, 0.3) is 22.2 Å². The molecule has 37 heavy (non-hydrogen) atoms. The number of carbonyl (C=O) groups is 2. The molecular formula is C30H35N3O4. The Hall–Kier alpha value is -3.32. The summed E-state index contributed by atoms with van der Waals surface area (Å²) in [5.74, 6) is -0.424. The molecule has 1 saturated carbocycles. The fraction of sp³-hybridized carbons (Fsp3) is 0.467. The van der Waals surface area contributed by atoms with Crippen LogP contribution >= 0.6 is 0 Å². The van der Waals surface area contributed by atoms with Gasteiger partial charge < -0.3 is 24.6 Å². The second kappa shape index (κ2) is 9.86. The lowest BCUT2D eigenvalue weighted by Crippen LogP contribution is -2.47. The number of carbonyl (C=O) groups excluding carboxylic acids is 1. The standard InChI is InChI=1S/C30H35N3O4/c34-22-9-6-14-32(18-22)27(35)19-31-15-16-33-26-17-21(30(36)37)12-13-23(26)28(20-7-2-1-3-8-20)29(33)24-10-4-5-11-25(24)31/h4-5,10-13,17,20,22,34H,1-3,6-9,14-16,18-19H2,(H,36,37). The Morgan fingerprint density at radius 2 is 1.73 bits per heavy atom. The monoisotopic (exact) mass is 501 g/mol. The molecule has 1 saturated heterocycles. The minimum absolute atomic E-state index is 0.0469. The minimum atomic E-state index is -0.915. The number of carboxylic acid groups (broad SMARTS) is 1. The van der Waals surface area contributed by atoms with Crippen LogP contribution in [0.5, 0.6) is 0 Å². The van der Waals surface area contributed by atoms with Crippen LogP contribution < -0.4 is 4.90 Å². The molecule has 7 heteroatoms. The number of nitrogens with zero attached hydrogens (tertiary/aromatic N) is 3. The molecule has 2 aromatic carbocycles. The average Bonchev–Trinajstić information content (AvgIpc) is 3.15. The van der Waals surface area contributed by atoms with Crippen LogP contribution in [0.4, 0.5) is 5.69 Å². The number of hydrogen-bond donors (Lipinski definition) is 2. The molecule has 0 spiro atoms. The van der Waals surface area contributed by atoms with Crippen LogP contribution in [0.3, 0.4) is 0 Å². The number of aliphatic hydroxyl groups excluding tert-OH is 1. The van der Waals surface area contributed by atoms with Gasteiger partial charge in [0.05, 0.1) is 23.9 Å². The van der Waals surface area contributed by atoms with Crippen molar-refractivity contribution < 1.29 is 19.8 Å². The smallest absolute Gasteiger partial charge is 0.335 e. The molecule has 1 aliphatic carbocycles. The van der Waals surface area contributed by atoms with Crippen molar-refractivity contribution >= 4 is 28.5 Å². The van der Waals surface area contributed by atoms with Crippen LogP contribution in [0, 0.1) is 0 Å². The molecule has 1 atom stereocenters. The van der Waals surface area contributed by atoms with Gasteiger partial charge >= 0.3 is 5.97 Å². The lowest BCUT2D eigenvalue weighted by molar-refractivity contribution is -0.132. The molecule has 0 bridgehead atoms. The first-order chi connectivity index (χ1) is 18.0. The second-order valence-corrected chi connectivity index (χ2v) is 10.9. The molecule has 1 amide bonds. The average molecular weight is 502 g/mol. The molecule has 7 nitrogen and oxygen atoms in total. The summed E-state index contributed by atoms with van der Waals surface area (Å²) in [6.45, 7) is 2.69. The van der Waals surface area contributed by atoms with Gasteiger partial charge in [-0.05, 0) is 55.4 Å². The first-order valence-corrected chi connectivity index (χ1v) is 13.7. The van der Waals surface area contributed by atoms with Gasteiger partial charge in [0.1, 0.15) is 0 Å². The quantitative estimate of drug-likeness (QED) is 0.533. The highest BCUT2D eigenvalue weighted by Gasteiger charge is 2.32. The van der Waals surface area contributed by atoms with E-state index in [1.165, 1.54) is 30.5 Å². The maximum atomic E-state index is 13.3. The number of aromatic nitrogens is 1. The number of carboxylic acids is 1. The first kappa shape index (κ1) is 24.0. The zero-order chi connectivity index (χ0) is 25.5. The molecule has 3 aromatic rings. The highest BCUT2D eigenvalue weighted by molar-refractivity contribution is 6.00. The Labute approximate surface area is 217 Å². The van der Waals surface area contributed by atoms with E-state index in [1.54, 1.807) is 11.0 Å². The van der Waals surface area contributed by atoms with Gasteiger partial charge in [0.25, 0.3) is 0 Å².